The van der Waals surface area contributed by atoms with E-state index < -0.39 is 6.04 Å². The third-order valence-electron chi connectivity index (χ3n) is 4.69. The highest BCUT2D eigenvalue weighted by atomic mass is 16.5. The van der Waals surface area contributed by atoms with E-state index in [0.29, 0.717) is 36.1 Å². The minimum absolute atomic E-state index is 0.0562. The average Bonchev–Trinajstić information content (AvgIpc) is 3.22. The minimum Gasteiger partial charge on any atom is -0.493 e. The number of hydrogen-bond donors (Lipinski definition) is 1. The number of nitrogens with one attached hydrogen (secondary N) is 1. The highest BCUT2D eigenvalue weighted by Crippen LogP contribution is 2.32. The lowest BCUT2D eigenvalue weighted by molar-refractivity contribution is -0.123. The average molecular weight is 424 g/mol. The van der Waals surface area contributed by atoms with Gasteiger partial charge in [0.2, 0.25) is 17.6 Å². The number of hydrogen-bond acceptors (Lipinski definition) is 6. The fraction of sp³-hybridized carbons (Fsp3) is 0.375. The summed E-state index contributed by atoms with van der Waals surface area (Å²) in [5.74, 6) is 1.91. The van der Waals surface area contributed by atoms with Crippen LogP contribution in [0.1, 0.15) is 44.7 Å². The van der Waals surface area contributed by atoms with Gasteiger partial charge in [0.25, 0.3) is 0 Å². The molecular formula is C24H29N3O4. The van der Waals surface area contributed by atoms with Crippen LogP contribution in [-0.4, -0.2) is 30.3 Å². The van der Waals surface area contributed by atoms with Crippen molar-refractivity contribution in [1.82, 2.24) is 15.5 Å². The number of ether oxygens (including phenoxy) is 2. The van der Waals surface area contributed by atoms with Crippen LogP contribution in [0.15, 0.2) is 53.1 Å². The molecule has 0 radical (unpaired) electrons. The van der Waals surface area contributed by atoms with Gasteiger partial charge >= 0.3 is 0 Å². The van der Waals surface area contributed by atoms with Gasteiger partial charge < -0.3 is 19.3 Å². The van der Waals surface area contributed by atoms with Gasteiger partial charge in [-0.25, -0.2) is 0 Å². The molecule has 0 bridgehead atoms. The van der Waals surface area contributed by atoms with Crippen LogP contribution >= 0.6 is 0 Å². The molecule has 3 aromatic rings. The fourth-order valence-electron chi connectivity index (χ4n) is 3.25. The van der Waals surface area contributed by atoms with Crippen molar-refractivity contribution in [2.75, 3.05) is 14.2 Å². The minimum atomic E-state index is -0.432. The lowest BCUT2D eigenvalue weighted by Gasteiger charge is -2.20. The van der Waals surface area contributed by atoms with E-state index >= 15 is 0 Å². The van der Waals surface area contributed by atoms with Crippen LogP contribution in [0.5, 0.6) is 11.5 Å². The Morgan fingerprint density at radius 2 is 1.77 bits per heavy atom. The molecule has 7 heteroatoms. The number of methoxy groups -OCH3 is 2. The smallest absolute Gasteiger partial charge is 0.249 e. The SMILES string of the molecule is COc1ccc(-c2noc([C@H](Cc3ccccc3)NC(=O)CC(C)(C)C)n2)cc1OC. The zero-order chi connectivity index (χ0) is 22.4. The van der Waals surface area contributed by atoms with Crippen LogP contribution in [-0.2, 0) is 11.2 Å². The first-order chi connectivity index (χ1) is 14.8. The van der Waals surface area contributed by atoms with Crippen LogP contribution in [0.4, 0.5) is 0 Å². The third kappa shape index (κ3) is 6.07. The Bertz CT molecular complexity index is 1010. The predicted molar refractivity (Wildman–Crippen MR) is 118 cm³/mol. The summed E-state index contributed by atoms with van der Waals surface area (Å²) in [4.78, 5) is 17.2. The molecule has 0 aliphatic rings. The van der Waals surface area contributed by atoms with Crippen molar-refractivity contribution in [3.8, 4) is 22.9 Å². The van der Waals surface area contributed by atoms with Crippen LogP contribution in [0.2, 0.25) is 0 Å². The highest BCUT2D eigenvalue weighted by molar-refractivity contribution is 5.77. The Labute approximate surface area is 182 Å². The molecule has 1 aromatic heterocycles. The Hall–Kier alpha value is -3.35. The molecule has 0 spiro atoms. The van der Waals surface area contributed by atoms with Gasteiger partial charge in [-0.15, -0.1) is 0 Å². The first kappa shape index (κ1) is 22.3. The highest BCUT2D eigenvalue weighted by Gasteiger charge is 2.25. The first-order valence-corrected chi connectivity index (χ1v) is 10.2. The van der Waals surface area contributed by atoms with E-state index in [0.717, 1.165) is 11.1 Å². The number of benzene rings is 2. The van der Waals surface area contributed by atoms with Crippen molar-refractivity contribution in [3.63, 3.8) is 0 Å². The summed E-state index contributed by atoms with van der Waals surface area (Å²) in [5, 5.41) is 7.19. The van der Waals surface area contributed by atoms with Crippen molar-refractivity contribution in [2.45, 2.75) is 39.7 Å². The number of rotatable bonds is 8. The van der Waals surface area contributed by atoms with Gasteiger partial charge in [-0.2, -0.15) is 4.98 Å². The van der Waals surface area contributed by atoms with E-state index in [2.05, 4.69) is 15.5 Å². The van der Waals surface area contributed by atoms with Crippen molar-refractivity contribution < 1.29 is 18.8 Å². The van der Waals surface area contributed by atoms with Crippen LogP contribution in [0.25, 0.3) is 11.4 Å². The molecule has 0 saturated carbocycles. The fourth-order valence-corrected chi connectivity index (χ4v) is 3.25. The lowest BCUT2D eigenvalue weighted by Crippen LogP contribution is -2.32. The molecule has 3 rings (SSSR count). The molecule has 0 aliphatic carbocycles. The van der Waals surface area contributed by atoms with Gasteiger partial charge in [0.1, 0.15) is 6.04 Å². The second kappa shape index (κ2) is 9.64. The second-order valence-corrected chi connectivity index (χ2v) is 8.57. The van der Waals surface area contributed by atoms with Crippen molar-refractivity contribution in [1.29, 1.82) is 0 Å². The molecule has 164 valence electrons. The summed E-state index contributed by atoms with van der Waals surface area (Å²) in [5.41, 5.74) is 1.67. The number of aromatic nitrogens is 2. The van der Waals surface area contributed by atoms with Crippen molar-refractivity contribution in [2.24, 2.45) is 5.41 Å². The maximum atomic E-state index is 12.6. The van der Waals surface area contributed by atoms with Gasteiger partial charge in [0.15, 0.2) is 11.5 Å². The number of amides is 1. The van der Waals surface area contributed by atoms with E-state index in [4.69, 9.17) is 14.0 Å². The molecule has 1 amide bonds. The van der Waals surface area contributed by atoms with Crippen molar-refractivity contribution in [3.05, 3.63) is 60.0 Å². The largest absolute Gasteiger partial charge is 0.493 e. The molecule has 0 aliphatic heterocycles. The van der Waals surface area contributed by atoms with Gasteiger partial charge in [-0.1, -0.05) is 56.3 Å². The summed E-state index contributed by atoms with van der Waals surface area (Å²) in [6.45, 7) is 6.09. The van der Waals surface area contributed by atoms with Gasteiger partial charge in [-0.3, -0.25) is 4.79 Å². The Morgan fingerprint density at radius 1 is 1.06 bits per heavy atom. The zero-order valence-electron chi connectivity index (χ0n) is 18.6. The van der Waals surface area contributed by atoms with Crippen LogP contribution in [0, 0.1) is 5.41 Å². The number of carbonyl (C=O) groups excluding carboxylic acids is 1. The molecule has 0 unspecified atom stereocenters. The molecule has 7 nitrogen and oxygen atoms in total. The van der Waals surface area contributed by atoms with E-state index in [9.17, 15) is 4.79 Å². The normalized spacial score (nSPS) is 12.3. The summed E-state index contributed by atoms with van der Waals surface area (Å²) < 4.78 is 16.2. The summed E-state index contributed by atoms with van der Waals surface area (Å²) in [7, 11) is 3.16. The third-order valence-corrected chi connectivity index (χ3v) is 4.69. The standard InChI is InChI=1S/C24H29N3O4/c1-24(2,3)15-21(28)25-18(13-16-9-7-6-8-10-16)23-26-22(27-31-23)17-11-12-19(29-4)20(14-17)30-5/h6-12,14,18H,13,15H2,1-5H3,(H,25,28)/t18-/m0/s1. The molecule has 0 saturated heterocycles. The lowest BCUT2D eigenvalue weighted by atomic mass is 9.91. The second-order valence-electron chi connectivity index (χ2n) is 8.57. The number of carbonyl (C=O) groups is 1. The first-order valence-electron chi connectivity index (χ1n) is 10.2. The molecule has 1 atom stereocenters. The van der Waals surface area contributed by atoms with Crippen LogP contribution in [0.3, 0.4) is 0 Å². The molecule has 1 N–H and O–H groups in total. The van der Waals surface area contributed by atoms with E-state index in [1.54, 1.807) is 26.4 Å². The molecule has 31 heavy (non-hydrogen) atoms. The molecule has 1 heterocycles. The van der Waals surface area contributed by atoms with Crippen LogP contribution < -0.4 is 14.8 Å². The van der Waals surface area contributed by atoms with Gasteiger partial charge in [-0.05, 0) is 29.2 Å². The Kier molecular flexibility index (Phi) is 6.95. The maximum absolute atomic E-state index is 12.6. The molecular weight excluding hydrogens is 394 g/mol. The van der Waals surface area contributed by atoms with Gasteiger partial charge in [0, 0.05) is 18.4 Å². The van der Waals surface area contributed by atoms with E-state index in [1.807, 2.05) is 57.2 Å². The van der Waals surface area contributed by atoms with E-state index in [1.165, 1.54) is 0 Å². The maximum Gasteiger partial charge on any atom is 0.249 e. The topological polar surface area (TPSA) is 86.5 Å². The van der Waals surface area contributed by atoms with E-state index in [-0.39, 0.29) is 11.3 Å². The van der Waals surface area contributed by atoms with Crippen molar-refractivity contribution >= 4 is 5.91 Å². The van der Waals surface area contributed by atoms with Gasteiger partial charge in [0.05, 0.1) is 14.2 Å². The Balaban J connectivity index is 1.87. The summed E-state index contributed by atoms with van der Waals surface area (Å²) in [6.07, 6.45) is 0.944. The Morgan fingerprint density at radius 3 is 2.42 bits per heavy atom. The number of nitrogens with zero attached hydrogens (tertiary/aromatic N) is 2. The quantitative estimate of drug-likeness (QED) is 0.570. The molecule has 2 aromatic carbocycles. The summed E-state index contributed by atoms with van der Waals surface area (Å²) >= 11 is 0. The summed E-state index contributed by atoms with van der Waals surface area (Å²) in [6, 6.07) is 14.9. The predicted octanol–water partition coefficient (Wildman–Crippen LogP) is 4.59. The zero-order valence-corrected chi connectivity index (χ0v) is 18.6. The monoisotopic (exact) mass is 423 g/mol. The molecule has 0 fully saturated rings.